The number of rotatable bonds is 5. The van der Waals surface area contributed by atoms with Crippen molar-refractivity contribution in [1.29, 1.82) is 0 Å². The molecule has 0 fully saturated rings. The molecule has 3 N–H and O–H groups in total. The maximum absolute atomic E-state index is 13.4. The van der Waals surface area contributed by atoms with Gasteiger partial charge < -0.3 is 15.8 Å². The first-order chi connectivity index (χ1) is 8.06. The van der Waals surface area contributed by atoms with Gasteiger partial charge >= 0.3 is 0 Å². The van der Waals surface area contributed by atoms with E-state index in [1.807, 2.05) is 6.92 Å². The molecule has 0 aliphatic rings. The molecule has 0 aromatic heterocycles. The van der Waals surface area contributed by atoms with Crippen molar-refractivity contribution in [3.8, 4) is 5.75 Å². The fourth-order valence-corrected chi connectivity index (χ4v) is 1.39. The number of amides is 1. The van der Waals surface area contributed by atoms with Crippen LogP contribution in [0.15, 0.2) is 18.2 Å². The minimum atomic E-state index is -0.468. The second kappa shape index (κ2) is 6.20. The van der Waals surface area contributed by atoms with Crippen LogP contribution in [0.4, 0.5) is 4.39 Å². The summed E-state index contributed by atoms with van der Waals surface area (Å²) < 4.78 is 18.1. The third-order valence-corrected chi connectivity index (χ3v) is 2.34. The van der Waals surface area contributed by atoms with Gasteiger partial charge in [-0.05, 0) is 24.6 Å². The highest BCUT2D eigenvalue weighted by Gasteiger charge is 2.09. The average Bonchev–Trinajstić information content (AvgIpc) is 2.29. The van der Waals surface area contributed by atoms with Gasteiger partial charge in [0.2, 0.25) is 5.91 Å². The first kappa shape index (κ1) is 13.4. The Morgan fingerprint density at radius 2 is 2.29 bits per heavy atom. The number of nitrogens with two attached hydrogens (primary N) is 1. The largest absolute Gasteiger partial charge is 0.494 e. The summed E-state index contributed by atoms with van der Waals surface area (Å²) in [6.07, 6.45) is 0.130. The number of benzene rings is 1. The van der Waals surface area contributed by atoms with E-state index in [0.29, 0.717) is 12.1 Å². The van der Waals surface area contributed by atoms with Gasteiger partial charge in [-0.25, -0.2) is 4.39 Å². The lowest BCUT2D eigenvalue weighted by Crippen LogP contribution is -2.38. The first-order valence-corrected chi connectivity index (χ1v) is 5.38. The van der Waals surface area contributed by atoms with Gasteiger partial charge in [-0.15, -0.1) is 0 Å². The quantitative estimate of drug-likeness (QED) is 0.801. The van der Waals surface area contributed by atoms with E-state index in [1.54, 1.807) is 6.07 Å². The van der Waals surface area contributed by atoms with Crippen molar-refractivity contribution in [3.63, 3.8) is 0 Å². The van der Waals surface area contributed by atoms with Crippen LogP contribution >= 0.6 is 0 Å². The van der Waals surface area contributed by atoms with Crippen LogP contribution in [0.3, 0.4) is 0 Å². The third-order valence-electron chi connectivity index (χ3n) is 2.34. The Kier molecular flexibility index (Phi) is 4.90. The van der Waals surface area contributed by atoms with Crippen LogP contribution in [-0.4, -0.2) is 25.6 Å². The van der Waals surface area contributed by atoms with Gasteiger partial charge in [-0.1, -0.05) is 6.07 Å². The Balaban J connectivity index is 2.63. The van der Waals surface area contributed by atoms with Crippen LogP contribution in [0.1, 0.15) is 12.5 Å². The van der Waals surface area contributed by atoms with Crippen molar-refractivity contribution in [2.24, 2.45) is 5.73 Å². The topological polar surface area (TPSA) is 64.3 Å². The second-order valence-electron chi connectivity index (χ2n) is 3.85. The number of halogens is 1. The summed E-state index contributed by atoms with van der Waals surface area (Å²) in [6.45, 7) is 2.19. The minimum absolute atomic E-state index is 0.0782. The van der Waals surface area contributed by atoms with Crippen LogP contribution in [-0.2, 0) is 11.2 Å². The van der Waals surface area contributed by atoms with Crippen molar-refractivity contribution in [3.05, 3.63) is 29.6 Å². The number of hydrogen-bond acceptors (Lipinski definition) is 3. The zero-order valence-electron chi connectivity index (χ0n) is 10.00. The molecular weight excluding hydrogens is 223 g/mol. The zero-order valence-corrected chi connectivity index (χ0v) is 10.00. The van der Waals surface area contributed by atoms with Crippen LogP contribution in [0, 0.1) is 5.82 Å². The molecule has 0 aliphatic carbocycles. The number of hydrogen-bond donors (Lipinski definition) is 2. The normalized spacial score (nSPS) is 12.0. The molecule has 0 spiro atoms. The molecule has 0 saturated carbocycles. The molecule has 1 unspecified atom stereocenters. The first-order valence-electron chi connectivity index (χ1n) is 5.38. The highest BCUT2D eigenvalue weighted by molar-refractivity contribution is 5.78. The summed E-state index contributed by atoms with van der Waals surface area (Å²) in [5.74, 6) is -0.471. The van der Waals surface area contributed by atoms with Gasteiger partial charge in [-0.3, -0.25) is 4.79 Å². The maximum Gasteiger partial charge on any atom is 0.224 e. The lowest BCUT2D eigenvalue weighted by atomic mass is 10.1. The smallest absolute Gasteiger partial charge is 0.224 e. The van der Waals surface area contributed by atoms with Crippen molar-refractivity contribution < 1.29 is 13.9 Å². The van der Waals surface area contributed by atoms with Crippen molar-refractivity contribution in [2.75, 3.05) is 13.7 Å². The summed E-state index contributed by atoms with van der Waals surface area (Å²) >= 11 is 0. The fraction of sp³-hybridized carbons (Fsp3) is 0.417. The Morgan fingerprint density at radius 3 is 2.82 bits per heavy atom. The SMILES string of the molecule is COc1ccc(CC(=O)NC(C)CN)cc1F. The Morgan fingerprint density at radius 1 is 1.59 bits per heavy atom. The van der Waals surface area contributed by atoms with Crippen molar-refractivity contribution >= 4 is 5.91 Å². The molecule has 94 valence electrons. The van der Waals surface area contributed by atoms with E-state index in [0.717, 1.165) is 0 Å². The molecule has 0 bridgehead atoms. The summed E-state index contributed by atoms with van der Waals surface area (Å²) in [5, 5.41) is 2.71. The molecule has 1 aromatic rings. The van der Waals surface area contributed by atoms with E-state index in [4.69, 9.17) is 10.5 Å². The highest BCUT2D eigenvalue weighted by Crippen LogP contribution is 2.17. The molecule has 0 saturated heterocycles. The molecule has 1 aromatic carbocycles. The fourth-order valence-electron chi connectivity index (χ4n) is 1.39. The Labute approximate surface area is 100.0 Å². The molecular formula is C12H17FN2O2. The van der Waals surface area contributed by atoms with Gasteiger partial charge in [0.05, 0.1) is 13.5 Å². The number of ether oxygens (including phenoxy) is 1. The summed E-state index contributed by atoms with van der Waals surface area (Å²) in [6, 6.07) is 4.38. The number of carbonyl (C=O) groups is 1. The van der Waals surface area contributed by atoms with E-state index in [1.165, 1.54) is 19.2 Å². The molecule has 0 aliphatic heterocycles. The lowest BCUT2D eigenvalue weighted by molar-refractivity contribution is -0.120. The Bertz CT molecular complexity index is 396. The van der Waals surface area contributed by atoms with Crippen molar-refractivity contribution in [1.82, 2.24) is 5.32 Å². The van der Waals surface area contributed by atoms with E-state index in [2.05, 4.69) is 5.32 Å². The van der Waals surface area contributed by atoms with Gasteiger partial charge in [0, 0.05) is 12.6 Å². The summed E-state index contributed by atoms with van der Waals surface area (Å²) in [4.78, 5) is 11.5. The highest BCUT2D eigenvalue weighted by atomic mass is 19.1. The molecule has 0 radical (unpaired) electrons. The van der Waals surface area contributed by atoms with E-state index in [9.17, 15) is 9.18 Å². The average molecular weight is 240 g/mol. The van der Waals surface area contributed by atoms with Gasteiger partial charge in [0.1, 0.15) is 0 Å². The summed E-state index contributed by atoms with van der Waals surface area (Å²) in [5.41, 5.74) is 5.99. The second-order valence-corrected chi connectivity index (χ2v) is 3.85. The maximum atomic E-state index is 13.4. The van der Waals surface area contributed by atoms with Crippen molar-refractivity contribution in [2.45, 2.75) is 19.4 Å². The molecule has 1 atom stereocenters. The van der Waals surface area contributed by atoms with Crippen LogP contribution in [0.2, 0.25) is 0 Å². The van der Waals surface area contributed by atoms with E-state index < -0.39 is 5.82 Å². The molecule has 0 heterocycles. The standard InChI is InChI=1S/C12H17FN2O2/c1-8(7-14)15-12(16)6-9-3-4-11(17-2)10(13)5-9/h3-5,8H,6-7,14H2,1-2H3,(H,15,16). The third kappa shape index (κ3) is 4.03. The Hall–Kier alpha value is -1.62. The van der Waals surface area contributed by atoms with Gasteiger partial charge in [0.25, 0.3) is 0 Å². The van der Waals surface area contributed by atoms with Crippen LogP contribution < -0.4 is 15.8 Å². The van der Waals surface area contributed by atoms with Gasteiger partial charge in [-0.2, -0.15) is 0 Å². The number of nitrogens with one attached hydrogen (secondary N) is 1. The summed E-state index contributed by atoms with van der Waals surface area (Å²) in [7, 11) is 1.40. The lowest BCUT2D eigenvalue weighted by Gasteiger charge is -2.11. The molecule has 1 amide bonds. The monoisotopic (exact) mass is 240 g/mol. The van der Waals surface area contributed by atoms with Crippen LogP contribution in [0.5, 0.6) is 5.75 Å². The molecule has 5 heteroatoms. The molecule has 17 heavy (non-hydrogen) atoms. The molecule has 1 rings (SSSR count). The predicted octanol–water partition coefficient (Wildman–Crippen LogP) is 0.840. The zero-order chi connectivity index (χ0) is 12.8. The van der Waals surface area contributed by atoms with Gasteiger partial charge in [0.15, 0.2) is 11.6 Å². The number of carbonyl (C=O) groups excluding carboxylic acids is 1. The number of methoxy groups -OCH3 is 1. The predicted molar refractivity (Wildman–Crippen MR) is 63.3 cm³/mol. The molecule has 4 nitrogen and oxygen atoms in total. The van der Waals surface area contributed by atoms with E-state index >= 15 is 0 Å². The van der Waals surface area contributed by atoms with Crippen LogP contribution in [0.25, 0.3) is 0 Å². The van der Waals surface area contributed by atoms with E-state index in [-0.39, 0.29) is 24.1 Å². The minimum Gasteiger partial charge on any atom is -0.494 e.